The molecular weight excluding hydrogens is 320 g/mol. The fourth-order valence-electron chi connectivity index (χ4n) is 2.73. The lowest BCUT2D eigenvalue weighted by molar-refractivity contribution is 0.203. The number of nitrogens with one attached hydrogen (secondary N) is 1. The Morgan fingerprint density at radius 1 is 1.36 bits per heavy atom. The summed E-state index contributed by atoms with van der Waals surface area (Å²) in [7, 11) is 0. The van der Waals surface area contributed by atoms with E-state index in [1.807, 2.05) is 17.5 Å². The third-order valence-corrected chi connectivity index (χ3v) is 4.83. The molecule has 2 N–H and O–H groups in total. The minimum atomic E-state index is 0.288. The van der Waals surface area contributed by atoms with E-state index in [0.717, 1.165) is 43.0 Å². The summed E-state index contributed by atoms with van der Waals surface area (Å²) in [6, 6.07) is 5.93. The van der Waals surface area contributed by atoms with Crippen LogP contribution in [0, 0.1) is 5.92 Å². The third kappa shape index (κ3) is 3.69. The lowest BCUT2D eigenvalue weighted by atomic mass is 9.97. The largest absolute Gasteiger partial charge is 0.396 e. The van der Waals surface area contributed by atoms with Crippen molar-refractivity contribution >= 4 is 34.5 Å². The summed E-state index contributed by atoms with van der Waals surface area (Å²) in [4.78, 5) is 2.35. The normalized spacial score (nSPS) is 16.0. The highest BCUT2D eigenvalue weighted by Gasteiger charge is 2.20. The highest BCUT2D eigenvalue weighted by atomic mass is 35.5. The van der Waals surface area contributed by atoms with Crippen LogP contribution in [0.25, 0.3) is 0 Å². The number of nitrogens with zero attached hydrogens (tertiary/aromatic N) is 3. The molecule has 1 saturated heterocycles. The quantitative estimate of drug-likeness (QED) is 0.877. The fourth-order valence-corrected chi connectivity index (χ4v) is 3.35. The van der Waals surface area contributed by atoms with Gasteiger partial charge >= 0.3 is 0 Å². The summed E-state index contributed by atoms with van der Waals surface area (Å²) < 4.78 is 3.87. The van der Waals surface area contributed by atoms with Gasteiger partial charge in [-0.05, 0) is 48.5 Å². The molecule has 1 aliphatic heterocycles. The van der Waals surface area contributed by atoms with E-state index in [1.54, 1.807) is 0 Å². The zero-order chi connectivity index (χ0) is 15.4. The number of anilines is 2. The van der Waals surface area contributed by atoms with Crippen LogP contribution in [0.2, 0.25) is 5.02 Å². The molecule has 0 radical (unpaired) electrons. The number of hydrogen-bond acceptors (Lipinski definition) is 6. The lowest BCUT2D eigenvalue weighted by Gasteiger charge is -2.34. The number of rotatable bonds is 5. The fraction of sp³-hybridized carbons (Fsp3) is 0.467. The molecule has 1 fully saturated rings. The van der Waals surface area contributed by atoms with Gasteiger partial charge in [-0.25, -0.2) is 0 Å². The first-order valence-corrected chi connectivity index (χ1v) is 8.63. The number of halogens is 1. The van der Waals surface area contributed by atoms with Gasteiger partial charge in [0.1, 0.15) is 0 Å². The zero-order valence-corrected chi connectivity index (χ0v) is 13.8. The Kier molecular flexibility index (Phi) is 5.12. The van der Waals surface area contributed by atoms with Crippen LogP contribution in [0.15, 0.2) is 23.6 Å². The van der Waals surface area contributed by atoms with Crippen molar-refractivity contribution in [3.8, 4) is 0 Å². The van der Waals surface area contributed by atoms with E-state index >= 15 is 0 Å². The smallest absolute Gasteiger partial charge is 0.0946 e. The van der Waals surface area contributed by atoms with E-state index in [-0.39, 0.29) is 6.61 Å². The van der Waals surface area contributed by atoms with Gasteiger partial charge in [0.25, 0.3) is 0 Å². The predicted molar refractivity (Wildman–Crippen MR) is 90.7 cm³/mol. The molecule has 0 bridgehead atoms. The molecule has 1 aromatic heterocycles. The van der Waals surface area contributed by atoms with Gasteiger partial charge in [-0.1, -0.05) is 16.1 Å². The molecule has 1 aliphatic rings. The highest BCUT2D eigenvalue weighted by Crippen LogP contribution is 2.32. The van der Waals surface area contributed by atoms with Crippen molar-refractivity contribution in [3.05, 3.63) is 34.3 Å². The van der Waals surface area contributed by atoms with Crippen molar-refractivity contribution in [1.29, 1.82) is 0 Å². The maximum absolute atomic E-state index is 9.27. The van der Waals surface area contributed by atoms with Crippen LogP contribution in [-0.2, 0) is 6.54 Å². The molecule has 0 aliphatic carbocycles. The van der Waals surface area contributed by atoms with Crippen LogP contribution >= 0.6 is 23.1 Å². The molecule has 0 saturated carbocycles. The van der Waals surface area contributed by atoms with Gasteiger partial charge in [-0.3, -0.25) is 0 Å². The maximum Gasteiger partial charge on any atom is 0.0946 e. The summed E-state index contributed by atoms with van der Waals surface area (Å²) >= 11 is 7.50. The second kappa shape index (κ2) is 7.26. The summed E-state index contributed by atoms with van der Waals surface area (Å²) in [5.74, 6) is 0.432. The number of aliphatic hydroxyl groups excluding tert-OH is 1. The van der Waals surface area contributed by atoms with Crippen LogP contribution in [0.4, 0.5) is 11.4 Å². The van der Waals surface area contributed by atoms with Gasteiger partial charge in [-0.15, -0.1) is 5.10 Å². The summed E-state index contributed by atoms with van der Waals surface area (Å²) in [5, 5.41) is 19.4. The predicted octanol–water partition coefficient (Wildman–Crippen LogP) is 3.01. The molecule has 3 rings (SSSR count). The summed E-state index contributed by atoms with van der Waals surface area (Å²) in [5.41, 5.74) is 3.10. The van der Waals surface area contributed by atoms with E-state index < -0.39 is 0 Å². The van der Waals surface area contributed by atoms with E-state index in [2.05, 4.69) is 25.9 Å². The Hall–Kier alpha value is -1.37. The van der Waals surface area contributed by atoms with Crippen LogP contribution in [0.5, 0.6) is 0 Å². The average molecular weight is 339 g/mol. The highest BCUT2D eigenvalue weighted by molar-refractivity contribution is 7.03. The van der Waals surface area contributed by atoms with Gasteiger partial charge in [0.05, 0.1) is 23.6 Å². The molecule has 0 amide bonds. The van der Waals surface area contributed by atoms with Crippen molar-refractivity contribution in [2.45, 2.75) is 19.4 Å². The molecule has 2 aromatic rings. The summed E-state index contributed by atoms with van der Waals surface area (Å²) in [6.07, 6.45) is 2.04. The van der Waals surface area contributed by atoms with Gasteiger partial charge < -0.3 is 15.3 Å². The Bertz CT molecular complexity index is 600. The molecule has 7 heteroatoms. The van der Waals surface area contributed by atoms with Gasteiger partial charge in [0, 0.05) is 30.1 Å². The second-order valence-electron chi connectivity index (χ2n) is 5.52. The third-order valence-electron chi connectivity index (χ3n) is 4.04. The molecule has 22 heavy (non-hydrogen) atoms. The molecule has 118 valence electrons. The first-order valence-electron chi connectivity index (χ1n) is 7.41. The topological polar surface area (TPSA) is 61.3 Å². The van der Waals surface area contributed by atoms with Gasteiger partial charge in [0.2, 0.25) is 0 Å². The lowest BCUT2D eigenvalue weighted by Crippen LogP contribution is -2.35. The van der Waals surface area contributed by atoms with E-state index in [9.17, 15) is 5.11 Å². The SMILES string of the molecule is OCC1CCN(c2ccc(Cl)cc2NCc2csnn2)CC1. The minimum absolute atomic E-state index is 0.288. The van der Waals surface area contributed by atoms with Crippen molar-refractivity contribution < 1.29 is 5.11 Å². The zero-order valence-electron chi connectivity index (χ0n) is 12.2. The first-order chi connectivity index (χ1) is 10.8. The van der Waals surface area contributed by atoms with Crippen molar-refractivity contribution in [3.63, 3.8) is 0 Å². The van der Waals surface area contributed by atoms with Crippen molar-refractivity contribution in [1.82, 2.24) is 9.59 Å². The van der Waals surface area contributed by atoms with Crippen LogP contribution in [-0.4, -0.2) is 34.4 Å². The molecule has 0 atom stereocenters. The monoisotopic (exact) mass is 338 g/mol. The van der Waals surface area contributed by atoms with Crippen molar-refractivity contribution in [2.75, 3.05) is 29.9 Å². The Balaban J connectivity index is 1.73. The number of hydrogen-bond donors (Lipinski definition) is 2. The first kappa shape index (κ1) is 15.5. The van der Waals surface area contributed by atoms with Crippen molar-refractivity contribution in [2.24, 2.45) is 5.92 Å². The number of aromatic nitrogens is 2. The Labute approximate surface area is 139 Å². The van der Waals surface area contributed by atoms with E-state index in [0.29, 0.717) is 17.5 Å². The standard InChI is InChI=1S/C15H19ClN4OS/c16-12-1-2-15(20-5-3-11(9-21)4-6-20)14(7-12)17-8-13-10-22-19-18-13/h1-2,7,10-11,17,21H,3-6,8-9H2. The average Bonchev–Trinajstić information content (AvgIpc) is 3.07. The Morgan fingerprint density at radius 2 is 2.18 bits per heavy atom. The minimum Gasteiger partial charge on any atom is -0.396 e. The molecule has 2 heterocycles. The number of piperidine rings is 1. The Morgan fingerprint density at radius 3 is 2.86 bits per heavy atom. The molecule has 0 spiro atoms. The van der Waals surface area contributed by atoms with E-state index in [1.165, 1.54) is 11.5 Å². The van der Waals surface area contributed by atoms with Gasteiger partial charge in [-0.2, -0.15) is 0 Å². The number of aliphatic hydroxyl groups is 1. The summed E-state index contributed by atoms with van der Waals surface area (Å²) in [6.45, 7) is 2.84. The van der Waals surface area contributed by atoms with Crippen LogP contribution in [0.3, 0.4) is 0 Å². The second-order valence-corrected chi connectivity index (χ2v) is 6.57. The van der Waals surface area contributed by atoms with E-state index in [4.69, 9.17) is 11.6 Å². The maximum atomic E-state index is 9.27. The molecule has 1 aromatic carbocycles. The van der Waals surface area contributed by atoms with Crippen LogP contribution in [0.1, 0.15) is 18.5 Å². The molecular formula is C15H19ClN4OS. The van der Waals surface area contributed by atoms with Gasteiger partial charge in [0.15, 0.2) is 0 Å². The number of benzene rings is 1. The molecule has 5 nitrogen and oxygen atoms in total. The molecule has 0 unspecified atom stereocenters. The van der Waals surface area contributed by atoms with Crippen LogP contribution < -0.4 is 10.2 Å².